The predicted octanol–water partition coefficient (Wildman–Crippen LogP) is 4.20. The summed E-state index contributed by atoms with van der Waals surface area (Å²) in [6, 6.07) is 16.2. The van der Waals surface area contributed by atoms with Crippen LogP contribution in [0.3, 0.4) is 0 Å². The first-order valence-corrected chi connectivity index (χ1v) is 12.0. The minimum atomic E-state index is -0.0292. The van der Waals surface area contributed by atoms with Gasteiger partial charge in [0.05, 0.1) is 11.6 Å². The van der Waals surface area contributed by atoms with Crippen LogP contribution in [-0.4, -0.2) is 79.0 Å². The fraction of sp³-hybridized carbons (Fsp3) is 0.333. The van der Waals surface area contributed by atoms with Crippen molar-refractivity contribution >= 4 is 17.5 Å². The second kappa shape index (κ2) is 9.74. The second-order valence-corrected chi connectivity index (χ2v) is 9.51. The number of piperazine rings is 1. The summed E-state index contributed by atoms with van der Waals surface area (Å²) < 4.78 is 5.93. The van der Waals surface area contributed by atoms with Crippen LogP contribution in [0.15, 0.2) is 60.9 Å². The summed E-state index contributed by atoms with van der Waals surface area (Å²) in [5, 5.41) is 0.537. The number of carbonyl (C=O) groups is 1. The van der Waals surface area contributed by atoms with Crippen LogP contribution in [0.1, 0.15) is 27.5 Å². The maximum Gasteiger partial charge on any atom is 0.257 e. The third-order valence-electron chi connectivity index (χ3n) is 6.63. The molecule has 6 nitrogen and oxygen atoms in total. The minimum Gasteiger partial charge on any atom is -0.491 e. The average molecular weight is 477 g/mol. The molecule has 2 aromatic carbocycles. The molecule has 1 saturated heterocycles. The summed E-state index contributed by atoms with van der Waals surface area (Å²) in [6.45, 7) is 4.18. The van der Waals surface area contributed by atoms with Crippen LogP contribution in [-0.2, 0) is 0 Å². The van der Waals surface area contributed by atoms with Crippen molar-refractivity contribution in [2.24, 2.45) is 0 Å². The van der Waals surface area contributed by atoms with E-state index in [1.165, 1.54) is 22.3 Å². The molecule has 0 bridgehead atoms. The molecule has 1 fully saturated rings. The number of hydrogen-bond donors (Lipinski definition) is 0. The topological polar surface area (TPSA) is 48.9 Å². The Labute approximate surface area is 205 Å². The maximum absolute atomic E-state index is 13.4. The molecule has 7 heteroatoms. The molecular weight excluding hydrogens is 448 g/mol. The summed E-state index contributed by atoms with van der Waals surface area (Å²) in [6.07, 6.45) is 3.83. The highest BCUT2D eigenvalue weighted by Gasteiger charge is 2.35. The van der Waals surface area contributed by atoms with E-state index in [2.05, 4.69) is 40.2 Å². The Morgan fingerprint density at radius 1 is 1.06 bits per heavy atom. The minimum absolute atomic E-state index is 0.0292. The van der Waals surface area contributed by atoms with E-state index in [0.29, 0.717) is 36.0 Å². The van der Waals surface area contributed by atoms with E-state index in [9.17, 15) is 4.79 Å². The quantitative estimate of drug-likeness (QED) is 0.533. The molecule has 1 amide bonds. The third kappa shape index (κ3) is 4.41. The summed E-state index contributed by atoms with van der Waals surface area (Å²) in [5.74, 6) is 0.559. The number of benzene rings is 2. The molecule has 3 aromatic rings. The number of aromatic nitrogens is 1. The number of pyridine rings is 1. The fourth-order valence-electron chi connectivity index (χ4n) is 4.90. The number of amides is 1. The highest BCUT2D eigenvalue weighted by molar-refractivity contribution is 6.31. The Kier molecular flexibility index (Phi) is 6.55. The molecule has 1 unspecified atom stereocenters. The number of likely N-dealkylation sites (N-methyl/N-ethyl adjacent to an activating group) is 1. The number of hydrogen-bond acceptors (Lipinski definition) is 5. The van der Waals surface area contributed by atoms with E-state index in [0.717, 1.165) is 19.6 Å². The molecule has 176 valence electrons. The summed E-state index contributed by atoms with van der Waals surface area (Å²) in [7, 11) is 3.99. The second-order valence-electron chi connectivity index (χ2n) is 9.07. The zero-order valence-corrected chi connectivity index (χ0v) is 20.3. The van der Waals surface area contributed by atoms with Gasteiger partial charge in [0.25, 0.3) is 5.91 Å². The molecular formula is C27H29ClN4O2. The lowest BCUT2D eigenvalue weighted by Gasteiger charge is -2.38. The van der Waals surface area contributed by atoms with Gasteiger partial charge >= 0.3 is 0 Å². The lowest BCUT2D eigenvalue weighted by molar-refractivity contribution is 0.0595. The van der Waals surface area contributed by atoms with Crippen LogP contribution < -0.4 is 4.74 Å². The predicted molar refractivity (Wildman–Crippen MR) is 134 cm³/mol. The molecule has 5 rings (SSSR count). The van der Waals surface area contributed by atoms with Crippen molar-refractivity contribution in [2.45, 2.75) is 6.04 Å². The van der Waals surface area contributed by atoms with Crippen LogP contribution in [0.25, 0.3) is 11.1 Å². The van der Waals surface area contributed by atoms with Gasteiger partial charge in [-0.25, -0.2) is 0 Å². The number of fused-ring (bicyclic) bond motifs is 3. The average Bonchev–Trinajstić information content (AvgIpc) is 3.19. The Balaban J connectivity index is 1.31. The highest BCUT2D eigenvalue weighted by Crippen LogP contribution is 2.46. The van der Waals surface area contributed by atoms with E-state index in [-0.39, 0.29) is 11.9 Å². The Bertz CT molecular complexity index is 1150. The lowest BCUT2D eigenvalue weighted by Crippen LogP contribution is -2.49. The molecule has 1 aliphatic heterocycles. The number of carbonyl (C=O) groups excluding carboxylic acids is 1. The lowest BCUT2D eigenvalue weighted by atomic mass is 10.0. The van der Waals surface area contributed by atoms with Gasteiger partial charge in [-0.05, 0) is 55.1 Å². The van der Waals surface area contributed by atoms with Gasteiger partial charge in [-0.2, -0.15) is 0 Å². The summed E-state index contributed by atoms with van der Waals surface area (Å²) >= 11 is 6.24. The van der Waals surface area contributed by atoms with Crippen molar-refractivity contribution in [3.63, 3.8) is 0 Å². The van der Waals surface area contributed by atoms with Gasteiger partial charge in [0, 0.05) is 55.7 Å². The van der Waals surface area contributed by atoms with Crippen LogP contribution >= 0.6 is 11.6 Å². The zero-order valence-electron chi connectivity index (χ0n) is 19.6. The van der Waals surface area contributed by atoms with E-state index in [1.54, 1.807) is 18.2 Å². The molecule has 2 heterocycles. The van der Waals surface area contributed by atoms with Crippen LogP contribution in [0, 0.1) is 0 Å². The zero-order chi connectivity index (χ0) is 23.7. The van der Waals surface area contributed by atoms with Crippen molar-refractivity contribution in [3.8, 4) is 16.9 Å². The Morgan fingerprint density at radius 3 is 2.62 bits per heavy atom. The first-order valence-electron chi connectivity index (χ1n) is 11.7. The smallest absolute Gasteiger partial charge is 0.257 e. The van der Waals surface area contributed by atoms with Gasteiger partial charge < -0.3 is 14.5 Å². The Hall–Kier alpha value is -2.93. The largest absolute Gasteiger partial charge is 0.491 e. The molecule has 0 radical (unpaired) electrons. The molecule has 1 aromatic heterocycles. The van der Waals surface area contributed by atoms with Gasteiger partial charge in [-0.1, -0.05) is 35.9 Å². The van der Waals surface area contributed by atoms with Crippen LogP contribution in [0.5, 0.6) is 5.75 Å². The van der Waals surface area contributed by atoms with Crippen LogP contribution in [0.2, 0.25) is 5.02 Å². The van der Waals surface area contributed by atoms with E-state index < -0.39 is 0 Å². The molecule has 1 aliphatic carbocycles. The van der Waals surface area contributed by atoms with Crippen LogP contribution in [0.4, 0.5) is 0 Å². The standard InChI is InChI=1S/C27H29ClN4O2/c1-30(2)15-16-34-25-8-7-19(28)17-23(25)27(33)32-13-11-31(12-14-32)26-21-6-4-3-5-20(21)24-18-29-10-9-22(24)26/h3-10,17-18,26H,11-16H2,1-2H3. The Morgan fingerprint density at radius 2 is 1.82 bits per heavy atom. The van der Waals surface area contributed by atoms with E-state index in [1.807, 2.05) is 36.3 Å². The van der Waals surface area contributed by atoms with Gasteiger partial charge in [0.1, 0.15) is 12.4 Å². The monoisotopic (exact) mass is 476 g/mol. The third-order valence-corrected chi connectivity index (χ3v) is 6.86. The highest BCUT2D eigenvalue weighted by atomic mass is 35.5. The molecule has 2 aliphatic rings. The number of halogens is 1. The summed E-state index contributed by atoms with van der Waals surface area (Å²) in [4.78, 5) is 24.2. The van der Waals surface area contributed by atoms with Crippen molar-refractivity contribution in [1.29, 1.82) is 0 Å². The van der Waals surface area contributed by atoms with Crippen molar-refractivity contribution < 1.29 is 9.53 Å². The van der Waals surface area contributed by atoms with E-state index >= 15 is 0 Å². The van der Waals surface area contributed by atoms with Crippen molar-refractivity contribution in [2.75, 3.05) is 53.4 Å². The fourth-order valence-corrected chi connectivity index (χ4v) is 5.07. The molecule has 34 heavy (non-hydrogen) atoms. The SMILES string of the molecule is CN(C)CCOc1ccc(Cl)cc1C(=O)N1CCN(C2c3ccccc3-c3cnccc32)CC1. The number of rotatable bonds is 6. The normalized spacial score (nSPS) is 17.5. The number of ether oxygens (including phenoxy) is 1. The molecule has 0 spiro atoms. The van der Waals surface area contributed by atoms with Crippen molar-refractivity contribution in [1.82, 2.24) is 19.7 Å². The maximum atomic E-state index is 13.4. The molecule has 0 N–H and O–H groups in total. The van der Waals surface area contributed by atoms with Gasteiger partial charge in [-0.3, -0.25) is 14.7 Å². The van der Waals surface area contributed by atoms with Gasteiger partial charge in [0.15, 0.2) is 0 Å². The number of nitrogens with zero attached hydrogens (tertiary/aromatic N) is 4. The van der Waals surface area contributed by atoms with Gasteiger partial charge in [-0.15, -0.1) is 0 Å². The van der Waals surface area contributed by atoms with Gasteiger partial charge in [0.2, 0.25) is 0 Å². The summed E-state index contributed by atoms with van der Waals surface area (Å²) in [5.41, 5.74) is 5.61. The molecule has 0 saturated carbocycles. The first kappa shape index (κ1) is 22.8. The first-order chi connectivity index (χ1) is 16.5. The van der Waals surface area contributed by atoms with E-state index in [4.69, 9.17) is 16.3 Å². The molecule has 1 atom stereocenters. The van der Waals surface area contributed by atoms with Crippen molar-refractivity contribution in [3.05, 3.63) is 82.6 Å².